The fraction of sp³-hybridized carbons (Fsp3) is 0. The van der Waals surface area contributed by atoms with Gasteiger partial charge in [0.2, 0.25) is 0 Å². The molecule has 1 unspecified atom stereocenters. The number of benzene rings is 8. The smallest absolute Gasteiger partial charge is 0 e. The maximum atomic E-state index is 2.76. The third-order valence-electron chi connectivity index (χ3n) is 7.69. The number of hydrogen-bond acceptors (Lipinski definition) is 0. The minimum absolute atomic E-state index is 0. The fourth-order valence-electron chi connectivity index (χ4n) is 5.16. The Balaban J connectivity index is 0.000000149. The Morgan fingerprint density at radius 2 is 0.380 bits per heavy atom. The molecular formula is C48H41PPd. The molecule has 0 bridgehead atoms. The fourth-order valence-corrected chi connectivity index (χ4v) is 5.54. The van der Waals surface area contributed by atoms with Crippen molar-refractivity contribution in [2.45, 2.75) is 0 Å². The van der Waals surface area contributed by atoms with Gasteiger partial charge in [0, 0.05) is 20.4 Å². The van der Waals surface area contributed by atoms with Crippen LogP contribution in [0.15, 0.2) is 237 Å². The third kappa shape index (κ3) is 12.4. The van der Waals surface area contributed by atoms with Crippen LogP contribution in [0.25, 0.3) is 44.5 Å². The molecule has 0 heterocycles. The second-order valence-electron chi connectivity index (χ2n) is 11.1. The van der Waals surface area contributed by atoms with Crippen LogP contribution in [0.5, 0.6) is 0 Å². The van der Waals surface area contributed by atoms with Gasteiger partial charge in [-0.25, -0.2) is 0 Å². The van der Waals surface area contributed by atoms with E-state index in [0.717, 1.165) is 0 Å². The SMILES string of the molecule is Pc1ccccc1-c1ccccc1.[Pd].c1ccc(-c2ccccc2)cc1.c1ccc(-c2ccccc2)cc1.c1ccc(-c2ccccc2)cc1. The zero-order valence-electron chi connectivity index (χ0n) is 27.9. The molecule has 0 aliphatic rings. The third-order valence-corrected chi connectivity index (χ3v) is 8.19. The van der Waals surface area contributed by atoms with Gasteiger partial charge in [-0.1, -0.05) is 237 Å². The molecule has 248 valence electrons. The van der Waals surface area contributed by atoms with E-state index in [2.05, 4.69) is 203 Å². The van der Waals surface area contributed by atoms with E-state index >= 15 is 0 Å². The molecular weight excluding hydrogens is 714 g/mol. The summed E-state index contributed by atoms with van der Waals surface area (Å²) in [4.78, 5) is 0. The standard InChI is InChI=1S/C12H11P.3C12H10.Pd/c13-12-9-5-4-8-11(12)10-6-2-1-3-7-10;3*1-3-7-11(8-4-1)12-9-5-2-6-10-12;/h1-9H,13H2;3*1-10H;. The molecule has 0 aromatic heterocycles. The molecule has 8 rings (SSSR count). The molecule has 2 heteroatoms. The van der Waals surface area contributed by atoms with E-state index in [-0.39, 0.29) is 20.4 Å². The van der Waals surface area contributed by atoms with Crippen LogP contribution in [0.4, 0.5) is 0 Å². The number of hydrogen-bond donors (Lipinski definition) is 0. The van der Waals surface area contributed by atoms with Crippen molar-refractivity contribution in [2.75, 3.05) is 0 Å². The molecule has 1 atom stereocenters. The van der Waals surface area contributed by atoms with Gasteiger partial charge in [0.1, 0.15) is 0 Å². The van der Waals surface area contributed by atoms with E-state index in [9.17, 15) is 0 Å². The Bertz CT molecular complexity index is 1730. The zero-order chi connectivity index (χ0) is 33.8. The van der Waals surface area contributed by atoms with Crippen LogP contribution in [-0.4, -0.2) is 0 Å². The van der Waals surface area contributed by atoms with Crippen molar-refractivity contribution in [3.63, 3.8) is 0 Å². The van der Waals surface area contributed by atoms with E-state index in [0.29, 0.717) is 0 Å². The summed E-state index contributed by atoms with van der Waals surface area (Å²) >= 11 is 0. The Morgan fingerprint density at radius 3 is 0.600 bits per heavy atom. The Morgan fingerprint density at radius 1 is 0.200 bits per heavy atom. The quantitative estimate of drug-likeness (QED) is 0.124. The van der Waals surface area contributed by atoms with Crippen molar-refractivity contribution in [3.8, 4) is 44.5 Å². The van der Waals surface area contributed by atoms with Crippen LogP contribution < -0.4 is 5.30 Å². The summed E-state index contributed by atoms with van der Waals surface area (Å²) in [5, 5.41) is 1.24. The topological polar surface area (TPSA) is 0 Å². The largest absolute Gasteiger partial charge is 0.105 e. The first kappa shape index (κ1) is 37.7. The molecule has 0 radical (unpaired) electrons. The average molecular weight is 755 g/mol. The molecule has 0 saturated carbocycles. The molecule has 8 aromatic rings. The van der Waals surface area contributed by atoms with Gasteiger partial charge in [0.15, 0.2) is 0 Å². The second-order valence-corrected chi connectivity index (χ2v) is 11.8. The van der Waals surface area contributed by atoms with E-state index in [1.165, 1.54) is 49.8 Å². The molecule has 0 aliphatic carbocycles. The van der Waals surface area contributed by atoms with Crippen molar-refractivity contribution in [1.29, 1.82) is 0 Å². The minimum atomic E-state index is 0. The Kier molecular flexibility index (Phi) is 16.4. The molecule has 0 aliphatic heterocycles. The first-order valence-corrected chi connectivity index (χ1v) is 17.1. The van der Waals surface area contributed by atoms with Crippen LogP contribution in [0.1, 0.15) is 0 Å². The predicted octanol–water partition coefficient (Wildman–Crippen LogP) is 12.9. The Labute approximate surface area is 314 Å². The van der Waals surface area contributed by atoms with Gasteiger partial charge in [-0.3, -0.25) is 0 Å². The van der Waals surface area contributed by atoms with Crippen LogP contribution in [0.3, 0.4) is 0 Å². The molecule has 0 amide bonds. The van der Waals surface area contributed by atoms with Crippen LogP contribution in [-0.2, 0) is 20.4 Å². The van der Waals surface area contributed by atoms with Gasteiger partial charge in [0.05, 0.1) is 0 Å². The van der Waals surface area contributed by atoms with Crippen LogP contribution >= 0.6 is 9.24 Å². The van der Waals surface area contributed by atoms with E-state index in [4.69, 9.17) is 0 Å². The monoisotopic (exact) mass is 754 g/mol. The van der Waals surface area contributed by atoms with Crippen molar-refractivity contribution in [3.05, 3.63) is 237 Å². The average Bonchev–Trinajstić information content (AvgIpc) is 3.21. The van der Waals surface area contributed by atoms with Crippen molar-refractivity contribution in [2.24, 2.45) is 0 Å². The molecule has 50 heavy (non-hydrogen) atoms. The maximum Gasteiger partial charge on any atom is 0 e. The summed E-state index contributed by atoms with van der Waals surface area (Å²) in [6.07, 6.45) is 0. The van der Waals surface area contributed by atoms with Gasteiger partial charge in [-0.15, -0.1) is 9.24 Å². The first-order chi connectivity index (χ1) is 24.3. The second kappa shape index (κ2) is 21.7. The van der Waals surface area contributed by atoms with Crippen LogP contribution in [0, 0.1) is 0 Å². The molecule has 0 saturated heterocycles. The molecule has 0 N–H and O–H groups in total. The summed E-state index contributed by atoms with van der Waals surface area (Å²) in [6.45, 7) is 0. The molecule has 0 spiro atoms. The van der Waals surface area contributed by atoms with E-state index in [1.54, 1.807) is 0 Å². The van der Waals surface area contributed by atoms with Gasteiger partial charge >= 0.3 is 0 Å². The normalized spacial score (nSPS) is 9.54. The minimum Gasteiger partial charge on any atom is -0.105 e. The summed E-state index contributed by atoms with van der Waals surface area (Å²) in [6, 6.07) is 81.1. The van der Waals surface area contributed by atoms with E-state index in [1.807, 2.05) is 42.5 Å². The van der Waals surface area contributed by atoms with Gasteiger partial charge in [0.25, 0.3) is 0 Å². The van der Waals surface area contributed by atoms with Gasteiger partial charge in [-0.2, -0.15) is 0 Å². The number of rotatable bonds is 4. The maximum absolute atomic E-state index is 2.76. The Hall–Kier alpha value is -5.15. The summed E-state index contributed by atoms with van der Waals surface area (Å²) < 4.78 is 0. The summed E-state index contributed by atoms with van der Waals surface area (Å²) in [7, 11) is 2.76. The van der Waals surface area contributed by atoms with Crippen molar-refractivity contribution >= 4 is 14.5 Å². The summed E-state index contributed by atoms with van der Waals surface area (Å²) in [5.74, 6) is 0. The van der Waals surface area contributed by atoms with Gasteiger partial charge in [-0.05, 0) is 49.8 Å². The van der Waals surface area contributed by atoms with E-state index < -0.39 is 0 Å². The van der Waals surface area contributed by atoms with Crippen molar-refractivity contribution < 1.29 is 20.4 Å². The zero-order valence-corrected chi connectivity index (χ0v) is 30.6. The summed E-state index contributed by atoms with van der Waals surface area (Å²) in [5.41, 5.74) is 10.2. The molecule has 8 aromatic carbocycles. The molecule has 0 nitrogen and oxygen atoms in total. The van der Waals surface area contributed by atoms with Crippen molar-refractivity contribution in [1.82, 2.24) is 0 Å². The molecule has 0 fully saturated rings. The van der Waals surface area contributed by atoms with Gasteiger partial charge < -0.3 is 0 Å². The first-order valence-electron chi connectivity index (χ1n) is 16.5. The predicted molar refractivity (Wildman–Crippen MR) is 217 cm³/mol. The van der Waals surface area contributed by atoms with Crippen LogP contribution in [0.2, 0.25) is 0 Å².